The topological polar surface area (TPSA) is 18.5 Å². The Balaban J connectivity index is 2.02. The minimum absolute atomic E-state index is 0.715. The van der Waals surface area contributed by atoms with Crippen molar-refractivity contribution < 1.29 is 9.47 Å². The van der Waals surface area contributed by atoms with Gasteiger partial charge in [-0.3, -0.25) is 0 Å². The second-order valence-electron chi connectivity index (χ2n) is 4.90. The Kier molecular flexibility index (Phi) is 5.36. The maximum atomic E-state index is 6.03. The van der Waals surface area contributed by atoms with E-state index in [9.17, 15) is 0 Å². The van der Waals surface area contributed by atoms with Gasteiger partial charge in [0.15, 0.2) is 11.5 Å². The Morgan fingerprint density at radius 3 is 2.67 bits per heavy atom. The monoisotopic (exact) mass is 312 g/mol. The van der Waals surface area contributed by atoms with Gasteiger partial charge >= 0.3 is 0 Å². The van der Waals surface area contributed by atoms with Gasteiger partial charge < -0.3 is 9.47 Å². The minimum atomic E-state index is 0.715. The molecule has 0 N–H and O–H groups in total. The van der Waals surface area contributed by atoms with E-state index in [1.807, 2.05) is 12.1 Å². The molecule has 1 saturated carbocycles. The summed E-state index contributed by atoms with van der Waals surface area (Å²) in [4.78, 5) is 0. The van der Waals surface area contributed by atoms with E-state index in [1.54, 1.807) is 7.11 Å². The third-order valence-electron chi connectivity index (χ3n) is 3.61. The van der Waals surface area contributed by atoms with Crippen molar-refractivity contribution in [3.05, 3.63) is 23.8 Å². The fourth-order valence-electron chi connectivity index (χ4n) is 2.55. The second kappa shape index (κ2) is 7.03. The molecule has 1 aromatic rings. The highest BCUT2D eigenvalue weighted by Gasteiger charge is 2.16. The highest BCUT2D eigenvalue weighted by Crippen LogP contribution is 2.34. The molecule has 2 nitrogen and oxygen atoms in total. The van der Waals surface area contributed by atoms with Crippen LogP contribution in [0.3, 0.4) is 0 Å². The molecule has 0 spiro atoms. The van der Waals surface area contributed by atoms with Crippen molar-refractivity contribution >= 4 is 15.9 Å². The number of halogens is 1. The van der Waals surface area contributed by atoms with E-state index >= 15 is 0 Å². The van der Waals surface area contributed by atoms with Crippen molar-refractivity contribution in [3.8, 4) is 11.5 Å². The predicted octanol–water partition coefficient (Wildman–Crippen LogP) is 4.55. The predicted molar refractivity (Wildman–Crippen MR) is 77.7 cm³/mol. The maximum absolute atomic E-state index is 6.03. The van der Waals surface area contributed by atoms with Gasteiger partial charge in [0, 0.05) is 10.9 Å². The maximum Gasteiger partial charge on any atom is 0.165 e. The Labute approximate surface area is 118 Å². The fraction of sp³-hybridized carbons (Fsp3) is 0.600. The van der Waals surface area contributed by atoms with Crippen molar-refractivity contribution in [1.82, 2.24) is 0 Å². The van der Waals surface area contributed by atoms with E-state index in [1.165, 1.54) is 32.1 Å². The number of alkyl halides is 1. The largest absolute Gasteiger partial charge is 0.493 e. The number of ether oxygens (including phenoxy) is 2. The van der Waals surface area contributed by atoms with E-state index in [2.05, 4.69) is 22.0 Å². The Morgan fingerprint density at radius 1 is 1.22 bits per heavy atom. The molecule has 1 aliphatic carbocycles. The van der Waals surface area contributed by atoms with Crippen LogP contribution < -0.4 is 9.47 Å². The number of hydrogen-bond acceptors (Lipinski definition) is 2. The summed E-state index contributed by atoms with van der Waals surface area (Å²) < 4.78 is 11.4. The summed E-state index contributed by atoms with van der Waals surface area (Å²) in [5.74, 6) is 2.46. The van der Waals surface area contributed by atoms with E-state index in [4.69, 9.17) is 9.47 Å². The second-order valence-corrected chi connectivity index (χ2v) is 5.46. The smallest absolute Gasteiger partial charge is 0.165 e. The third kappa shape index (κ3) is 3.41. The summed E-state index contributed by atoms with van der Waals surface area (Å²) in [6, 6.07) is 6.04. The molecule has 0 heterocycles. The summed E-state index contributed by atoms with van der Waals surface area (Å²) in [6.07, 6.45) is 6.70. The summed E-state index contributed by atoms with van der Waals surface area (Å²) in [5, 5.41) is 0.796. The molecule has 0 aliphatic heterocycles. The van der Waals surface area contributed by atoms with Crippen LogP contribution >= 0.6 is 15.9 Å². The Bertz CT molecular complexity index is 351. The standard InChI is InChI=1S/C15H21BrO2/c1-17-14-9-5-8-13(10-16)15(14)18-11-12-6-3-2-4-7-12/h5,8-9,12H,2-4,6-7,10-11H2,1H3. The highest BCUT2D eigenvalue weighted by atomic mass is 79.9. The van der Waals surface area contributed by atoms with Gasteiger partial charge in [0.2, 0.25) is 0 Å². The zero-order valence-corrected chi connectivity index (χ0v) is 12.5. The van der Waals surface area contributed by atoms with Gasteiger partial charge in [-0.25, -0.2) is 0 Å². The summed E-state index contributed by atoms with van der Waals surface area (Å²) in [6.45, 7) is 0.820. The molecule has 1 aromatic carbocycles. The normalized spacial score (nSPS) is 16.6. The SMILES string of the molecule is COc1cccc(CBr)c1OCC1CCCCC1. The third-order valence-corrected chi connectivity index (χ3v) is 4.22. The molecule has 3 heteroatoms. The Morgan fingerprint density at radius 2 is 2.00 bits per heavy atom. The van der Waals surface area contributed by atoms with Crippen LogP contribution in [-0.2, 0) is 5.33 Å². The lowest BCUT2D eigenvalue weighted by Crippen LogP contribution is -2.16. The molecule has 1 fully saturated rings. The van der Waals surface area contributed by atoms with Gasteiger partial charge in [-0.1, -0.05) is 47.3 Å². The highest BCUT2D eigenvalue weighted by molar-refractivity contribution is 9.08. The van der Waals surface area contributed by atoms with E-state index in [0.29, 0.717) is 5.92 Å². The Hall–Kier alpha value is -0.700. The molecular formula is C15H21BrO2. The van der Waals surface area contributed by atoms with E-state index in [-0.39, 0.29) is 0 Å². The van der Waals surface area contributed by atoms with Gasteiger partial charge in [-0.2, -0.15) is 0 Å². The first-order valence-corrected chi connectivity index (χ1v) is 7.82. The first kappa shape index (κ1) is 13.7. The fourth-order valence-corrected chi connectivity index (χ4v) is 2.99. The molecule has 2 rings (SSSR count). The average molecular weight is 313 g/mol. The number of hydrogen-bond donors (Lipinski definition) is 0. The van der Waals surface area contributed by atoms with Crippen LogP contribution in [0.1, 0.15) is 37.7 Å². The van der Waals surface area contributed by atoms with Crippen LogP contribution in [0.2, 0.25) is 0 Å². The van der Waals surface area contributed by atoms with Gasteiger partial charge in [0.05, 0.1) is 13.7 Å². The van der Waals surface area contributed by atoms with Gasteiger partial charge in [0.1, 0.15) is 0 Å². The number of para-hydroxylation sites is 1. The quantitative estimate of drug-likeness (QED) is 0.743. The van der Waals surface area contributed by atoms with Crippen LogP contribution in [0.4, 0.5) is 0 Å². The van der Waals surface area contributed by atoms with Gasteiger partial charge in [-0.15, -0.1) is 0 Å². The van der Waals surface area contributed by atoms with Crippen molar-refractivity contribution in [1.29, 1.82) is 0 Å². The molecule has 0 saturated heterocycles. The molecular weight excluding hydrogens is 292 g/mol. The summed E-state index contributed by atoms with van der Waals surface area (Å²) in [5.41, 5.74) is 1.16. The lowest BCUT2D eigenvalue weighted by molar-refractivity contribution is 0.201. The molecule has 0 atom stereocenters. The zero-order valence-electron chi connectivity index (χ0n) is 11.0. The molecule has 1 aliphatic rings. The number of rotatable bonds is 5. The lowest BCUT2D eigenvalue weighted by Gasteiger charge is -2.23. The van der Waals surface area contributed by atoms with Crippen LogP contribution in [-0.4, -0.2) is 13.7 Å². The first-order valence-electron chi connectivity index (χ1n) is 6.69. The van der Waals surface area contributed by atoms with Crippen molar-refractivity contribution in [2.24, 2.45) is 5.92 Å². The summed E-state index contributed by atoms with van der Waals surface area (Å²) in [7, 11) is 1.70. The van der Waals surface area contributed by atoms with Crippen LogP contribution in [0, 0.1) is 5.92 Å². The molecule has 0 aromatic heterocycles. The molecule has 0 radical (unpaired) electrons. The van der Waals surface area contributed by atoms with Crippen molar-refractivity contribution in [2.45, 2.75) is 37.4 Å². The molecule has 100 valence electrons. The zero-order chi connectivity index (χ0) is 12.8. The van der Waals surface area contributed by atoms with E-state index in [0.717, 1.165) is 29.0 Å². The summed E-state index contributed by atoms with van der Waals surface area (Å²) >= 11 is 3.50. The van der Waals surface area contributed by atoms with Crippen molar-refractivity contribution in [3.63, 3.8) is 0 Å². The molecule has 18 heavy (non-hydrogen) atoms. The van der Waals surface area contributed by atoms with Crippen LogP contribution in [0.5, 0.6) is 11.5 Å². The molecule has 0 amide bonds. The average Bonchev–Trinajstić information content (AvgIpc) is 2.45. The lowest BCUT2D eigenvalue weighted by atomic mass is 9.90. The first-order chi connectivity index (χ1) is 8.85. The van der Waals surface area contributed by atoms with Crippen molar-refractivity contribution in [2.75, 3.05) is 13.7 Å². The number of methoxy groups -OCH3 is 1. The van der Waals surface area contributed by atoms with Gasteiger partial charge in [-0.05, 0) is 24.8 Å². The van der Waals surface area contributed by atoms with Crippen LogP contribution in [0.15, 0.2) is 18.2 Å². The minimum Gasteiger partial charge on any atom is -0.493 e. The molecule has 0 unspecified atom stereocenters. The van der Waals surface area contributed by atoms with E-state index < -0.39 is 0 Å². The van der Waals surface area contributed by atoms with Crippen LogP contribution in [0.25, 0.3) is 0 Å². The van der Waals surface area contributed by atoms with Gasteiger partial charge in [0.25, 0.3) is 0 Å². The number of benzene rings is 1. The molecule has 0 bridgehead atoms.